The monoisotopic (exact) mass is 372 g/mol. The summed E-state index contributed by atoms with van der Waals surface area (Å²) in [6.07, 6.45) is 1.71. The van der Waals surface area contributed by atoms with E-state index in [1.807, 2.05) is 48.7 Å². The largest absolute Gasteiger partial charge is 0.508 e. The minimum absolute atomic E-state index is 0.0247. The lowest BCUT2D eigenvalue weighted by Gasteiger charge is -2.47. The van der Waals surface area contributed by atoms with Gasteiger partial charge in [-0.1, -0.05) is 54.6 Å². The first kappa shape index (κ1) is 16.8. The Morgan fingerprint density at radius 1 is 0.786 bits per heavy atom. The van der Waals surface area contributed by atoms with Crippen molar-refractivity contribution in [3.8, 4) is 17.2 Å². The van der Waals surface area contributed by atoms with Crippen molar-refractivity contribution in [1.82, 2.24) is 4.90 Å². The van der Waals surface area contributed by atoms with E-state index in [9.17, 15) is 10.2 Å². The molecule has 2 aliphatic heterocycles. The molecule has 0 radical (unpaired) electrons. The lowest BCUT2D eigenvalue weighted by atomic mass is 9.93. The third kappa shape index (κ3) is 2.63. The van der Waals surface area contributed by atoms with Crippen LogP contribution in [0, 0.1) is 0 Å². The summed E-state index contributed by atoms with van der Waals surface area (Å²) < 4.78 is 6.37. The minimum atomic E-state index is -0.525. The highest BCUT2D eigenvalue weighted by Crippen LogP contribution is 2.51. The summed E-state index contributed by atoms with van der Waals surface area (Å²) in [7, 11) is 0. The normalized spacial score (nSPS) is 23.5. The van der Waals surface area contributed by atoms with Gasteiger partial charge in [-0.2, -0.15) is 0 Å². The number of nitrogens with zero attached hydrogens (tertiary/aromatic N) is 2. The van der Waals surface area contributed by atoms with Crippen molar-refractivity contribution < 1.29 is 14.9 Å². The fourth-order valence-electron chi connectivity index (χ4n) is 4.12. The van der Waals surface area contributed by atoms with Crippen LogP contribution in [0.4, 0.5) is 0 Å². The Morgan fingerprint density at radius 3 is 2.11 bits per heavy atom. The Labute approximate surface area is 163 Å². The number of aromatic hydroxyl groups is 2. The maximum atomic E-state index is 10.5. The summed E-state index contributed by atoms with van der Waals surface area (Å²) in [5.74, 6) is 1.18. The van der Waals surface area contributed by atoms with Gasteiger partial charge in [-0.25, -0.2) is 4.90 Å². The number of phenolic OH excluding ortho intramolecular Hbond substituents is 2. The summed E-state index contributed by atoms with van der Waals surface area (Å²) >= 11 is 0. The molecule has 5 rings (SSSR count). The molecular weight excluding hydrogens is 352 g/mol. The van der Waals surface area contributed by atoms with Crippen LogP contribution in [0.2, 0.25) is 0 Å². The molecule has 0 saturated heterocycles. The lowest BCUT2D eigenvalue weighted by Crippen LogP contribution is -2.43. The average Bonchev–Trinajstić information content (AvgIpc) is 2.74. The van der Waals surface area contributed by atoms with Crippen LogP contribution in [-0.4, -0.2) is 21.3 Å². The van der Waals surface area contributed by atoms with Crippen molar-refractivity contribution in [2.75, 3.05) is 0 Å². The van der Waals surface area contributed by atoms with Crippen molar-refractivity contribution in [2.24, 2.45) is 4.99 Å². The van der Waals surface area contributed by atoms with Gasteiger partial charge in [0.1, 0.15) is 23.4 Å². The Kier molecular flexibility index (Phi) is 4.02. The molecule has 2 heterocycles. The van der Waals surface area contributed by atoms with Gasteiger partial charge < -0.3 is 14.9 Å². The number of aliphatic imine (C=N–C) groups is 1. The first-order valence-electron chi connectivity index (χ1n) is 9.34. The molecule has 2 N–H and O–H groups in total. The van der Waals surface area contributed by atoms with E-state index < -0.39 is 12.4 Å². The van der Waals surface area contributed by atoms with Gasteiger partial charge in [0.2, 0.25) is 0 Å². The summed E-state index contributed by atoms with van der Waals surface area (Å²) in [5, 5.41) is 21.0. The molecule has 140 valence electrons. The molecule has 3 aromatic rings. The quantitative estimate of drug-likeness (QED) is 0.684. The van der Waals surface area contributed by atoms with Crippen LogP contribution in [0.1, 0.15) is 41.5 Å². The van der Waals surface area contributed by atoms with Gasteiger partial charge in [-0.3, -0.25) is 4.99 Å². The van der Waals surface area contributed by atoms with E-state index in [1.165, 1.54) is 0 Å². The standard InChI is InChI=1S/C23H20N2O3/c26-19-10-4-1-8-16(19)22-24-14-13-18-15-7-3-6-12-21(15)28-23(25(18)22)17-9-2-5-11-20(17)27/h1-12,14,18,22-23,26-27H,13H2. The van der Waals surface area contributed by atoms with Crippen LogP contribution >= 0.6 is 0 Å². The van der Waals surface area contributed by atoms with Gasteiger partial charge in [0.25, 0.3) is 0 Å². The number of hydrogen-bond donors (Lipinski definition) is 2. The molecule has 0 bridgehead atoms. The molecule has 5 nitrogen and oxygen atoms in total. The summed E-state index contributed by atoms with van der Waals surface area (Å²) in [6, 6.07) is 22.4. The molecule has 0 amide bonds. The van der Waals surface area contributed by atoms with E-state index in [4.69, 9.17) is 9.73 Å². The van der Waals surface area contributed by atoms with Crippen LogP contribution in [-0.2, 0) is 0 Å². The van der Waals surface area contributed by atoms with E-state index in [2.05, 4.69) is 11.0 Å². The highest BCUT2D eigenvalue weighted by molar-refractivity contribution is 5.62. The third-order valence-electron chi connectivity index (χ3n) is 5.42. The zero-order chi connectivity index (χ0) is 19.1. The predicted molar refractivity (Wildman–Crippen MR) is 106 cm³/mol. The third-order valence-corrected chi connectivity index (χ3v) is 5.42. The van der Waals surface area contributed by atoms with Gasteiger partial charge in [-0.05, 0) is 18.2 Å². The number of phenols is 2. The fraction of sp³-hybridized carbons (Fsp3) is 0.174. The minimum Gasteiger partial charge on any atom is -0.508 e. The number of rotatable bonds is 2. The highest BCUT2D eigenvalue weighted by atomic mass is 16.5. The Bertz CT molecular complexity index is 1050. The van der Waals surface area contributed by atoms with Gasteiger partial charge in [0, 0.05) is 35.4 Å². The zero-order valence-corrected chi connectivity index (χ0v) is 15.1. The predicted octanol–water partition coefficient (Wildman–Crippen LogP) is 4.71. The molecule has 3 unspecified atom stereocenters. The fourth-order valence-corrected chi connectivity index (χ4v) is 4.12. The van der Waals surface area contributed by atoms with Gasteiger partial charge in [-0.15, -0.1) is 0 Å². The number of benzene rings is 3. The molecule has 5 heteroatoms. The smallest absolute Gasteiger partial charge is 0.185 e. The molecule has 0 fully saturated rings. The summed E-state index contributed by atoms with van der Waals surface area (Å²) in [4.78, 5) is 6.83. The number of hydrogen-bond acceptors (Lipinski definition) is 5. The van der Waals surface area contributed by atoms with Crippen LogP contribution in [0.25, 0.3) is 0 Å². The van der Waals surface area contributed by atoms with Gasteiger partial charge >= 0.3 is 0 Å². The second kappa shape index (κ2) is 6.69. The molecule has 0 spiro atoms. The first-order valence-corrected chi connectivity index (χ1v) is 9.34. The van der Waals surface area contributed by atoms with Crippen molar-refractivity contribution in [3.05, 3.63) is 89.5 Å². The van der Waals surface area contributed by atoms with Crippen molar-refractivity contribution in [2.45, 2.75) is 24.9 Å². The van der Waals surface area contributed by atoms with Crippen LogP contribution in [0.5, 0.6) is 17.2 Å². The number of para-hydroxylation sites is 3. The maximum absolute atomic E-state index is 10.5. The number of fused-ring (bicyclic) bond motifs is 3. The average molecular weight is 372 g/mol. The molecule has 0 aromatic heterocycles. The Hall–Kier alpha value is -3.31. The second-order valence-corrected chi connectivity index (χ2v) is 7.03. The second-order valence-electron chi connectivity index (χ2n) is 7.03. The summed E-state index contributed by atoms with van der Waals surface area (Å²) in [6.45, 7) is 0. The van der Waals surface area contributed by atoms with Crippen LogP contribution in [0.15, 0.2) is 77.8 Å². The van der Waals surface area contributed by atoms with Crippen molar-refractivity contribution >= 4 is 6.21 Å². The summed E-state index contributed by atoms with van der Waals surface area (Å²) in [5.41, 5.74) is 2.48. The van der Waals surface area contributed by atoms with Crippen LogP contribution in [0.3, 0.4) is 0 Å². The maximum Gasteiger partial charge on any atom is 0.185 e. The Morgan fingerprint density at radius 2 is 1.39 bits per heavy atom. The van der Waals surface area contributed by atoms with Crippen LogP contribution < -0.4 is 4.74 Å². The molecule has 0 saturated carbocycles. The molecular formula is C23H20N2O3. The molecule has 2 aliphatic rings. The van der Waals surface area contributed by atoms with E-state index >= 15 is 0 Å². The number of ether oxygens (including phenoxy) is 1. The molecule has 0 aliphatic carbocycles. The van der Waals surface area contributed by atoms with Gasteiger partial charge in [0.15, 0.2) is 6.23 Å². The highest BCUT2D eigenvalue weighted by Gasteiger charge is 2.43. The van der Waals surface area contributed by atoms with E-state index in [1.54, 1.807) is 24.3 Å². The first-order chi connectivity index (χ1) is 13.7. The lowest BCUT2D eigenvalue weighted by molar-refractivity contribution is -0.0636. The molecule has 3 atom stereocenters. The van der Waals surface area contributed by atoms with E-state index in [0.29, 0.717) is 11.1 Å². The Balaban J connectivity index is 1.69. The zero-order valence-electron chi connectivity index (χ0n) is 15.1. The topological polar surface area (TPSA) is 65.3 Å². The van der Waals surface area contributed by atoms with E-state index in [-0.39, 0.29) is 17.5 Å². The van der Waals surface area contributed by atoms with Crippen molar-refractivity contribution in [3.63, 3.8) is 0 Å². The van der Waals surface area contributed by atoms with Gasteiger partial charge in [0.05, 0.1) is 0 Å². The van der Waals surface area contributed by atoms with Crippen molar-refractivity contribution in [1.29, 1.82) is 0 Å². The molecule has 28 heavy (non-hydrogen) atoms. The van der Waals surface area contributed by atoms with E-state index in [0.717, 1.165) is 17.7 Å². The molecule has 3 aromatic carbocycles. The SMILES string of the molecule is Oc1ccccc1C1N=CCC2c3ccccc3OC(c3ccccc3O)N21.